The predicted molar refractivity (Wildman–Crippen MR) is 152 cm³/mol. The van der Waals surface area contributed by atoms with E-state index in [4.69, 9.17) is 15.2 Å². The third kappa shape index (κ3) is 5.71. The summed E-state index contributed by atoms with van der Waals surface area (Å²) in [5, 5.41) is 16.8. The first-order valence-electron chi connectivity index (χ1n) is 13.5. The molecule has 1 fully saturated rings. The Morgan fingerprint density at radius 3 is 2.50 bits per heavy atom. The SMILES string of the molecule is CCN1CCN(c2cc(-c3ccccc3)nc3c(-c4cccc(CCCNCC(=O)O)c4)c(C)nn23)CC1. The molecule has 38 heavy (non-hydrogen) atoms. The van der Waals surface area contributed by atoms with Crippen molar-refractivity contribution in [2.75, 3.05) is 50.7 Å². The number of fused-ring (bicyclic) bond motifs is 1. The van der Waals surface area contributed by atoms with E-state index in [1.54, 1.807) is 0 Å². The number of carbonyl (C=O) groups is 1. The van der Waals surface area contributed by atoms with Gasteiger partial charge in [0.15, 0.2) is 5.65 Å². The number of anilines is 1. The highest BCUT2D eigenvalue weighted by atomic mass is 16.4. The number of aromatic nitrogens is 3. The van der Waals surface area contributed by atoms with Gasteiger partial charge in [0.05, 0.1) is 17.9 Å². The van der Waals surface area contributed by atoms with Crippen LogP contribution in [0, 0.1) is 6.92 Å². The topological polar surface area (TPSA) is 86.0 Å². The van der Waals surface area contributed by atoms with E-state index in [2.05, 4.69) is 83.6 Å². The molecule has 2 aromatic carbocycles. The number of likely N-dealkylation sites (N-methyl/N-ethyl adjacent to an activating group) is 1. The molecule has 1 aliphatic heterocycles. The van der Waals surface area contributed by atoms with Gasteiger partial charge in [0.25, 0.3) is 0 Å². The predicted octanol–water partition coefficient (Wildman–Crippen LogP) is 4.12. The van der Waals surface area contributed by atoms with E-state index < -0.39 is 5.97 Å². The number of nitrogens with one attached hydrogen (secondary N) is 1. The summed E-state index contributed by atoms with van der Waals surface area (Å²) in [5.41, 5.74) is 7.25. The molecule has 0 spiro atoms. The molecule has 8 heteroatoms. The van der Waals surface area contributed by atoms with Crippen molar-refractivity contribution >= 4 is 17.4 Å². The molecule has 2 aromatic heterocycles. The second-order valence-electron chi connectivity index (χ2n) is 9.86. The minimum Gasteiger partial charge on any atom is -0.480 e. The van der Waals surface area contributed by atoms with Crippen molar-refractivity contribution in [1.82, 2.24) is 24.8 Å². The first kappa shape index (κ1) is 25.9. The second-order valence-corrected chi connectivity index (χ2v) is 9.86. The van der Waals surface area contributed by atoms with Crippen LogP contribution in [0.25, 0.3) is 28.0 Å². The number of benzene rings is 2. The van der Waals surface area contributed by atoms with Gasteiger partial charge in [0.1, 0.15) is 5.82 Å². The average Bonchev–Trinajstić information content (AvgIpc) is 3.28. The van der Waals surface area contributed by atoms with Crippen molar-refractivity contribution < 1.29 is 9.90 Å². The van der Waals surface area contributed by atoms with Crippen LogP contribution in [0.1, 0.15) is 24.6 Å². The maximum absolute atomic E-state index is 10.7. The van der Waals surface area contributed by atoms with Gasteiger partial charge in [-0.25, -0.2) is 4.98 Å². The Morgan fingerprint density at radius 1 is 1.00 bits per heavy atom. The molecule has 0 atom stereocenters. The van der Waals surface area contributed by atoms with Crippen LogP contribution in [0.5, 0.6) is 0 Å². The molecule has 0 aliphatic carbocycles. The van der Waals surface area contributed by atoms with E-state index in [1.807, 2.05) is 10.6 Å². The second kappa shape index (κ2) is 11.8. The van der Waals surface area contributed by atoms with Crippen molar-refractivity contribution in [3.63, 3.8) is 0 Å². The van der Waals surface area contributed by atoms with Crippen molar-refractivity contribution in [2.24, 2.45) is 0 Å². The van der Waals surface area contributed by atoms with Crippen LogP contribution in [-0.2, 0) is 11.2 Å². The van der Waals surface area contributed by atoms with Crippen molar-refractivity contribution in [1.29, 1.82) is 0 Å². The van der Waals surface area contributed by atoms with E-state index >= 15 is 0 Å². The molecule has 1 aliphatic rings. The number of aliphatic carboxylic acids is 1. The summed E-state index contributed by atoms with van der Waals surface area (Å²) in [6.07, 6.45) is 1.74. The summed E-state index contributed by atoms with van der Waals surface area (Å²) < 4.78 is 2.03. The lowest BCUT2D eigenvalue weighted by Crippen LogP contribution is -2.46. The normalized spacial score (nSPS) is 14.3. The average molecular weight is 513 g/mol. The summed E-state index contributed by atoms with van der Waals surface area (Å²) in [7, 11) is 0. The summed E-state index contributed by atoms with van der Waals surface area (Å²) in [5.74, 6) is 0.254. The van der Waals surface area contributed by atoms with E-state index in [1.165, 1.54) is 5.56 Å². The Balaban J connectivity index is 1.52. The molecule has 3 heterocycles. The number of hydrogen-bond acceptors (Lipinski definition) is 6. The maximum Gasteiger partial charge on any atom is 0.317 e. The number of nitrogens with zero attached hydrogens (tertiary/aromatic N) is 5. The molecule has 2 N–H and O–H groups in total. The minimum atomic E-state index is -0.829. The van der Waals surface area contributed by atoms with Gasteiger partial charge in [-0.05, 0) is 44.0 Å². The largest absolute Gasteiger partial charge is 0.480 e. The summed E-state index contributed by atoms with van der Waals surface area (Å²) >= 11 is 0. The number of carboxylic acid groups (broad SMARTS) is 1. The zero-order chi connectivity index (χ0) is 26.5. The van der Waals surface area contributed by atoms with Crippen LogP contribution in [0.4, 0.5) is 5.82 Å². The molecule has 0 bridgehead atoms. The van der Waals surface area contributed by atoms with E-state index in [9.17, 15) is 4.79 Å². The molecule has 198 valence electrons. The molecule has 0 unspecified atom stereocenters. The van der Waals surface area contributed by atoms with Gasteiger partial charge in [-0.2, -0.15) is 9.61 Å². The van der Waals surface area contributed by atoms with Crippen molar-refractivity contribution in [3.05, 3.63) is 71.9 Å². The first-order chi connectivity index (χ1) is 18.5. The lowest BCUT2D eigenvalue weighted by atomic mass is 10.0. The number of carboxylic acids is 1. The zero-order valence-electron chi connectivity index (χ0n) is 22.2. The van der Waals surface area contributed by atoms with Crippen LogP contribution in [0.3, 0.4) is 0 Å². The lowest BCUT2D eigenvalue weighted by molar-refractivity contribution is -0.135. The Labute approximate surface area is 223 Å². The molecule has 4 aromatic rings. The molecule has 5 rings (SSSR count). The Kier molecular flexibility index (Phi) is 8.00. The first-order valence-corrected chi connectivity index (χ1v) is 13.5. The highest BCUT2D eigenvalue weighted by Gasteiger charge is 2.23. The van der Waals surface area contributed by atoms with E-state index in [0.717, 1.165) is 85.1 Å². The molecule has 0 saturated carbocycles. The third-order valence-electron chi connectivity index (χ3n) is 7.27. The fraction of sp³-hybridized carbons (Fsp3) is 0.367. The van der Waals surface area contributed by atoms with Crippen LogP contribution in [0.2, 0.25) is 0 Å². The van der Waals surface area contributed by atoms with Crippen LogP contribution in [-0.4, -0.2) is 76.4 Å². The van der Waals surface area contributed by atoms with Gasteiger partial charge in [-0.1, -0.05) is 61.5 Å². The van der Waals surface area contributed by atoms with Crippen LogP contribution >= 0.6 is 0 Å². The van der Waals surface area contributed by atoms with Crippen molar-refractivity contribution in [2.45, 2.75) is 26.7 Å². The lowest BCUT2D eigenvalue weighted by Gasteiger charge is -2.35. The molecule has 0 radical (unpaired) electrons. The molecule has 8 nitrogen and oxygen atoms in total. The highest BCUT2D eigenvalue weighted by Crippen LogP contribution is 2.33. The molecular weight excluding hydrogens is 476 g/mol. The number of rotatable bonds is 10. The summed E-state index contributed by atoms with van der Waals surface area (Å²) in [6, 6.07) is 21.1. The standard InChI is InChI=1S/C30H36N6O2/c1-3-34-15-17-35(18-16-34)27-20-26(24-11-5-4-6-12-24)32-30-29(22(2)33-36(27)30)25-13-7-9-23(19-25)10-8-14-31-21-28(37)38/h4-7,9,11-13,19-20,31H,3,8,10,14-18,21H2,1-2H3,(H,37,38). The smallest absolute Gasteiger partial charge is 0.317 e. The third-order valence-corrected chi connectivity index (χ3v) is 7.27. The van der Waals surface area contributed by atoms with Gasteiger partial charge in [-0.3, -0.25) is 4.79 Å². The fourth-order valence-corrected chi connectivity index (χ4v) is 5.22. The Morgan fingerprint density at radius 2 is 1.76 bits per heavy atom. The van der Waals surface area contributed by atoms with E-state index in [0.29, 0.717) is 6.54 Å². The van der Waals surface area contributed by atoms with Crippen molar-refractivity contribution in [3.8, 4) is 22.4 Å². The molecule has 0 amide bonds. The Hall–Kier alpha value is -3.75. The zero-order valence-corrected chi connectivity index (χ0v) is 22.2. The van der Waals surface area contributed by atoms with Gasteiger partial charge >= 0.3 is 5.97 Å². The maximum atomic E-state index is 10.7. The summed E-state index contributed by atoms with van der Waals surface area (Å²) in [4.78, 5) is 20.8. The minimum absolute atomic E-state index is 0.00707. The quantitative estimate of drug-likeness (QED) is 0.309. The molecule has 1 saturated heterocycles. The summed E-state index contributed by atoms with van der Waals surface area (Å²) in [6.45, 7) is 10.0. The van der Waals surface area contributed by atoms with Gasteiger partial charge in [-0.15, -0.1) is 0 Å². The fourth-order valence-electron chi connectivity index (χ4n) is 5.22. The van der Waals surface area contributed by atoms with Gasteiger partial charge in [0.2, 0.25) is 0 Å². The Bertz CT molecular complexity index is 1390. The monoisotopic (exact) mass is 512 g/mol. The van der Waals surface area contributed by atoms with Crippen LogP contribution < -0.4 is 10.2 Å². The molecular formula is C30H36N6O2. The van der Waals surface area contributed by atoms with Crippen LogP contribution in [0.15, 0.2) is 60.7 Å². The van der Waals surface area contributed by atoms with Gasteiger partial charge < -0.3 is 20.2 Å². The van der Waals surface area contributed by atoms with E-state index in [-0.39, 0.29) is 6.54 Å². The number of piperazine rings is 1. The number of hydrogen-bond donors (Lipinski definition) is 2. The van der Waals surface area contributed by atoms with Gasteiger partial charge in [0, 0.05) is 43.4 Å². The highest BCUT2D eigenvalue weighted by molar-refractivity contribution is 5.83. The number of aryl methyl sites for hydroxylation is 2.